The fourth-order valence-corrected chi connectivity index (χ4v) is 3.33. The van der Waals surface area contributed by atoms with Gasteiger partial charge < -0.3 is 10.6 Å². The molecule has 1 aliphatic heterocycles. The second-order valence-electron chi connectivity index (χ2n) is 5.21. The van der Waals surface area contributed by atoms with Gasteiger partial charge in [-0.05, 0) is 25.0 Å². The number of piperidine rings is 1. The van der Waals surface area contributed by atoms with E-state index in [1.807, 2.05) is 24.4 Å². The Kier molecular flexibility index (Phi) is 3.61. The number of hydrogen-bond acceptors (Lipinski definition) is 3. The van der Waals surface area contributed by atoms with E-state index >= 15 is 0 Å². The maximum Gasteiger partial charge on any atom is 0.136 e. The van der Waals surface area contributed by atoms with E-state index in [-0.39, 0.29) is 11.8 Å². The van der Waals surface area contributed by atoms with E-state index in [1.54, 1.807) is 0 Å². The van der Waals surface area contributed by atoms with E-state index in [1.165, 1.54) is 5.39 Å². The lowest BCUT2D eigenvalue weighted by atomic mass is 9.96. The number of pyridine rings is 1. The van der Waals surface area contributed by atoms with E-state index in [0.29, 0.717) is 0 Å². The van der Waals surface area contributed by atoms with Gasteiger partial charge in [-0.25, -0.2) is 4.98 Å². The Morgan fingerprint density at radius 2 is 2.20 bits per heavy atom. The van der Waals surface area contributed by atoms with E-state index in [0.717, 1.165) is 41.6 Å². The molecule has 4 nitrogen and oxygen atoms in total. The van der Waals surface area contributed by atoms with Gasteiger partial charge in [-0.2, -0.15) is 0 Å². The van der Waals surface area contributed by atoms with Crippen LogP contribution in [0.4, 0.5) is 5.82 Å². The number of rotatable bonds is 2. The van der Waals surface area contributed by atoms with E-state index in [4.69, 9.17) is 11.1 Å². The summed E-state index contributed by atoms with van der Waals surface area (Å²) >= 11 is 3.59. The standard InChI is InChI=1S/C15H17BrN4/c16-13-5-1-4-12-11(13)6-7-19-15(12)20-8-2-3-10(9-20)14(17)18/h1,4-7,10H,2-3,8-9H2,(H3,17,18). The number of amidine groups is 1. The Hall–Kier alpha value is -1.62. The van der Waals surface area contributed by atoms with Crippen LogP contribution in [0.5, 0.6) is 0 Å². The first kappa shape index (κ1) is 13.4. The van der Waals surface area contributed by atoms with Gasteiger partial charge in [-0.15, -0.1) is 0 Å². The van der Waals surface area contributed by atoms with Gasteiger partial charge in [-0.1, -0.05) is 28.1 Å². The topological polar surface area (TPSA) is 66.0 Å². The van der Waals surface area contributed by atoms with Crippen LogP contribution in [0, 0.1) is 11.3 Å². The number of aromatic nitrogens is 1. The molecule has 104 valence electrons. The van der Waals surface area contributed by atoms with E-state index in [2.05, 4.69) is 31.9 Å². The molecular formula is C15H17BrN4. The number of benzene rings is 1. The summed E-state index contributed by atoms with van der Waals surface area (Å²) in [6, 6.07) is 8.19. The number of hydrogen-bond donors (Lipinski definition) is 2. The summed E-state index contributed by atoms with van der Waals surface area (Å²) in [5.74, 6) is 1.43. The van der Waals surface area contributed by atoms with Gasteiger partial charge >= 0.3 is 0 Å². The first-order valence-electron chi connectivity index (χ1n) is 6.79. The molecule has 0 spiro atoms. The fraction of sp³-hybridized carbons (Fsp3) is 0.333. The van der Waals surface area contributed by atoms with Crippen LogP contribution >= 0.6 is 15.9 Å². The molecule has 0 radical (unpaired) electrons. The second-order valence-corrected chi connectivity index (χ2v) is 6.06. The van der Waals surface area contributed by atoms with Crippen molar-refractivity contribution in [3.63, 3.8) is 0 Å². The smallest absolute Gasteiger partial charge is 0.136 e. The molecule has 0 saturated carbocycles. The Bertz CT molecular complexity index is 655. The highest BCUT2D eigenvalue weighted by molar-refractivity contribution is 9.10. The fourth-order valence-electron chi connectivity index (χ4n) is 2.83. The quantitative estimate of drug-likeness (QED) is 0.655. The largest absolute Gasteiger partial charge is 0.387 e. The van der Waals surface area contributed by atoms with Crippen molar-refractivity contribution in [2.24, 2.45) is 11.7 Å². The summed E-state index contributed by atoms with van der Waals surface area (Å²) < 4.78 is 1.08. The highest BCUT2D eigenvalue weighted by atomic mass is 79.9. The second kappa shape index (κ2) is 5.40. The average molecular weight is 333 g/mol. The SMILES string of the molecule is N=C(N)C1CCCN(c2nccc3c(Br)cccc23)C1. The van der Waals surface area contributed by atoms with Crippen LogP contribution in [0.3, 0.4) is 0 Å². The molecule has 1 atom stereocenters. The lowest BCUT2D eigenvalue weighted by Gasteiger charge is -2.33. The van der Waals surface area contributed by atoms with Crippen LogP contribution in [-0.2, 0) is 0 Å². The summed E-state index contributed by atoms with van der Waals surface area (Å²) in [4.78, 5) is 6.81. The third-order valence-corrected chi connectivity index (χ3v) is 4.58. The van der Waals surface area contributed by atoms with Gasteiger partial charge in [-0.3, -0.25) is 5.41 Å². The van der Waals surface area contributed by atoms with Crippen LogP contribution < -0.4 is 10.6 Å². The molecule has 3 N–H and O–H groups in total. The van der Waals surface area contributed by atoms with Crippen molar-refractivity contribution in [3.05, 3.63) is 34.9 Å². The van der Waals surface area contributed by atoms with Gasteiger partial charge in [0.2, 0.25) is 0 Å². The molecule has 1 aromatic heterocycles. The molecule has 1 aliphatic rings. The van der Waals surface area contributed by atoms with Crippen molar-refractivity contribution in [1.82, 2.24) is 4.98 Å². The van der Waals surface area contributed by atoms with Crippen LogP contribution in [-0.4, -0.2) is 23.9 Å². The first-order valence-corrected chi connectivity index (χ1v) is 7.58. The maximum atomic E-state index is 7.66. The minimum atomic E-state index is 0.146. The molecule has 1 saturated heterocycles. The van der Waals surface area contributed by atoms with Crippen molar-refractivity contribution >= 4 is 38.4 Å². The predicted octanol–water partition coefficient (Wildman–Crippen LogP) is 3.15. The molecule has 0 bridgehead atoms. The van der Waals surface area contributed by atoms with Gasteiger partial charge in [0.25, 0.3) is 0 Å². The number of nitrogens with two attached hydrogens (primary N) is 1. The lowest BCUT2D eigenvalue weighted by Crippen LogP contribution is -2.41. The average Bonchev–Trinajstić information content (AvgIpc) is 2.47. The van der Waals surface area contributed by atoms with Gasteiger partial charge in [0, 0.05) is 40.4 Å². The molecule has 1 aromatic carbocycles. The van der Waals surface area contributed by atoms with Crippen LogP contribution in [0.1, 0.15) is 12.8 Å². The number of nitrogens with zero attached hydrogens (tertiary/aromatic N) is 2. The van der Waals surface area contributed by atoms with Crippen molar-refractivity contribution in [2.75, 3.05) is 18.0 Å². The summed E-state index contributed by atoms with van der Waals surface area (Å²) in [6.45, 7) is 1.76. The molecule has 1 fully saturated rings. The zero-order valence-electron chi connectivity index (χ0n) is 11.1. The molecule has 20 heavy (non-hydrogen) atoms. The highest BCUT2D eigenvalue weighted by Gasteiger charge is 2.24. The summed E-state index contributed by atoms with van der Waals surface area (Å²) in [7, 11) is 0. The molecule has 0 amide bonds. The van der Waals surface area contributed by atoms with Crippen LogP contribution in [0.25, 0.3) is 10.8 Å². The van der Waals surface area contributed by atoms with Gasteiger partial charge in [0.05, 0.1) is 5.84 Å². The minimum Gasteiger partial charge on any atom is -0.387 e. The normalized spacial score (nSPS) is 19.2. The van der Waals surface area contributed by atoms with Crippen molar-refractivity contribution in [3.8, 4) is 0 Å². The molecule has 0 aliphatic carbocycles. The Morgan fingerprint density at radius 3 is 3.00 bits per heavy atom. The van der Waals surface area contributed by atoms with E-state index in [9.17, 15) is 0 Å². The van der Waals surface area contributed by atoms with Crippen molar-refractivity contribution in [2.45, 2.75) is 12.8 Å². The molecular weight excluding hydrogens is 316 g/mol. The van der Waals surface area contributed by atoms with Crippen molar-refractivity contribution < 1.29 is 0 Å². The Morgan fingerprint density at radius 1 is 1.35 bits per heavy atom. The number of anilines is 1. The highest BCUT2D eigenvalue weighted by Crippen LogP contribution is 2.31. The maximum absolute atomic E-state index is 7.66. The van der Waals surface area contributed by atoms with Gasteiger partial charge in [0.15, 0.2) is 0 Å². The molecule has 5 heteroatoms. The summed E-state index contributed by atoms with van der Waals surface area (Å²) in [5.41, 5.74) is 5.67. The number of fused-ring (bicyclic) bond motifs is 1. The number of halogens is 1. The predicted molar refractivity (Wildman–Crippen MR) is 86.3 cm³/mol. The third-order valence-electron chi connectivity index (χ3n) is 3.89. The summed E-state index contributed by atoms with van der Waals surface area (Å²) in [5, 5.41) is 9.98. The zero-order valence-corrected chi connectivity index (χ0v) is 12.7. The molecule has 2 aromatic rings. The summed E-state index contributed by atoms with van der Waals surface area (Å²) in [6.07, 6.45) is 3.90. The minimum absolute atomic E-state index is 0.146. The lowest BCUT2D eigenvalue weighted by molar-refractivity contribution is 0.501. The van der Waals surface area contributed by atoms with Crippen LogP contribution in [0.15, 0.2) is 34.9 Å². The Balaban J connectivity index is 2.02. The molecule has 3 rings (SSSR count). The Labute approximate surface area is 126 Å². The van der Waals surface area contributed by atoms with Gasteiger partial charge in [0.1, 0.15) is 5.82 Å². The number of nitrogens with one attached hydrogen (secondary N) is 1. The molecule has 1 unspecified atom stereocenters. The van der Waals surface area contributed by atoms with Crippen molar-refractivity contribution in [1.29, 1.82) is 5.41 Å². The third kappa shape index (κ3) is 2.38. The molecule has 2 heterocycles. The monoisotopic (exact) mass is 332 g/mol. The first-order chi connectivity index (χ1) is 9.66. The van der Waals surface area contributed by atoms with Crippen LogP contribution in [0.2, 0.25) is 0 Å². The van der Waals surface area contributed by atoms with E-state index < -0.39 is 0 Å². The zero-order chi connectivity index (χ0) is 14.1.